The second kappa shape index (κ2) is 13.5. The van der Waals surface area contributed by atoms with Crippen molar-refractivity contribution in [3.63, 3.8) is 0 Å². The van der Waals surface area contributed by atoms with E-state index in [2.05, 4.69) is 50.9 Å². The van der Waals surface area contributed by atoms with Crippen LogP contribution in [0.25, 0.3) is 0 Å². The van der Waals surface area contributed by atoms with Gasteiger partial charge in [-0.2, -0.15) is 0 Å². The molecule has 36 heavy (non-hydrogen) atoms. The molecule has 3 aromatic rings. The lowest BCUT2D eigenvalue weighted by Crippen LogP contribution is -2.17. The Morgan fingerprint density at radius 3 is 2.33 bits per heavy atom. The topological polar surface area (TPSA) is 66.4 Å². The van der Waals surface area contributed by atoms with Crippen molar-refractivity contribution in [1.29, 1.82) is 0 Å². The van der Waals surface area contributed by atoms with E-state index in [1.807, 2.05) is 48.5 Å². The number of methoxy groups -OCH3 is 1. The number of rotatable bonds is 11. The first-order valence-corrected chi connectivity index (χ1v) is 13.2. The van der Waals surface area contributed by atoms with Crippen molar-refractivity contribution in [1.82, 2.24) is 0 Å². The third-order valence-corrected chi connectivity index (χ3v) is 6.73. The quantitative estimate of drug-likeness (QED) is 0.123. The highest BCUT2D eigenvalue weighted by molar-refractivity contribution is 9.11. The average Bonchev–Trinajstić information content (AvgIpc) is 2.88. The first kappa shape index (κ1) is 27.7. The molecule has 0 aliphatic carbocycles. The monoisotopic (exact) mass is 617 g/mol. The van der Waals surface area contributed by atoms with Gasteiger partial charge in [0.25, 0.3) is 0 Å². The minimum atomic E-state index is -0.952. The van der Waals surface area contributed by atoms with E-state index in [9.17, 15) is 4.79 Å². The summed E-state index contributed by atoms with van der Waals surface area (Å²) >= 11 is 7.18. The Kier molecular flexibility index (Phi) is 10.4. The molecule has 2 atom stereocenters. The molecule has 0 heterocycles. The Labute approximate surface area is 228 Å². The first-order chi connectivity index (χ1) is 17.4. The fraction of sp³-hybridized carbons (Fsp3) is 0.286. The van der Waals surface area contributed by atoms with Crippen molar-refractivity contribution in [3.05, 3.63) is 86.3 Å². The molecule has 190 valence electrons. The maximum absolute atomic E-state index is 12.4. The molecule has 0 amide bonds. The van der Waals surface area contributed by atoms with E-state index in [1.54, 1.807) is 26.2 Å². The molecular formula is C28H29Br2NO5. The Bertz CT molecular complexity index is 1180. The van der Waals surface area contributed by atoms with Crippen LogP contribution >= 0.6 is 31.9 Å². The number of ether oxygens (including phenoxy) is 3. The lowest BCUT2D eigenvalue weighted by atomic mass is 9.97. The minimum absolute atomic E-state index is 0.254. The number of carbonyl (C=O) groups excluding carboxylic acids is 1. The molecule has 0 N–H and O–H groups in total. The third kappa shape index (κ3) is 7.11. The Morgan fingerprint density at radius 2 is 1.72 bits per heavy atom. The Balaban J connectivity index is 1.78. The number of carbonyl (C=O) groups is 1. The Hall–Kier alpha value is -2.84. The zero-order valence-corrected chi connectivity index (χ0v) is 23.8. The fourth-order valence-corrected chi connectivity index (χ4v) is 4.87. The molecule has 0 saturated heterocycles. The number of hydrogen-bond donors (Lipinski definition) is 0. The highest BCUT2D eigenvalue weighted by Gasteiger charge is 2.24. The minimum Gasteiger partial charge on any atom is -0.496 e. The van der Waals surface area contributed by atoms with Crippen molar-refractivity contribution >= 4 is 44.0 Å². The van der Waals surface area contributed by atoms with Crippen LogP contribution in [-0.2, 0) is 14.4 Å². The highest BCUT2D eigenvalue weighted by atomic mass is 79.9. The van der Waals surface area contributed by atoms with Crippen molar-refractivity contribution in [2.75, 3.05) is 13.7 Å². The number of nitrogens with zero attached hydrogens (tertiary/aromatic N) is 1. The number of halogens is 2. The molecule has 0 aliphatic heterocycles. The van der Waals surface area contributed by atoms with Crippen molar-refractivity contribution in [2.45, 2.75) is 39.2 Å². The van der Waals surface area contributed by atoms with Gasteiger partial charge in [-0.1, -0.05) is 49.3 Å². The zero-order valence-electron chi connectivity index (χ0n) is 20.7. The molecule has 0 aliphatic rings. The van der Waals surface area contributed by atoms with Crippen LogP contribution in [-0.4, -0.2) is 25.9 Å². The number of hydrogen-bond acceptors (Lipinski definition) is 6. The summed E-state index contributed by atoms with van der Waals surface area (Å²) in [6, 6.07) is 18.6. The molecule has 0 spiro atoms. The largest absolute Gasteiger partial charge is 0.496 e. The van der Waals surface area contributed by atoms with Gasteiger partial charge in [-0.25, -0.2) is 4.79 Å². The van der Waals surface area contributed by atoms with E-state index in [0.717, 1.165) is 32.2 Å². The van der Waals surface area contributed by atoms with Crippen LogP contribution in [0, 0.1) is 0 Å². The van der Waals surface area contributed by atoms with Gasteiger partial charge in [0.2, 0.25) is 6.10 Å². The Morgan fingerprint density at radius 1 is 1.03 bits per heavy atom. The predicted molar refractivity (Wildman–Crippen MR) is 148 cm³/mol. The third-order valence-electron chi connectivity index (χ3n) is 5.56. The van der Waals surface area contributed by atoms with E-state index in [1.165, 1.54) is 6.21 Å². The second-order valence-corrected chi connectivity index (χ2v) is 9.72. The van der Waals surface area contributed by atoms with Crippen LogP contribution in [0.2, 0.25) is 0 Å². The van der Waals surface area contributed by atoms with Gasteiger partial charge in [-0.3, -0.25) is 0 Å². The average molecular weight is 619 g/mol. The molecule has 2 unspecified atom stereocenters. The maximum atomic E-state index is 12.4. The highest BCUT2D eigenvalue weighted by Crippen LogP contribution is 2.40. The van der Waals surface area contributed by atoms with Crippen LogP contribution in [0.4, 0.5) is 0 Å². The zero-order chi connectivity index (χ0) is 26.1. The molecule has 0 fully saturated rings. The summed E-state index contributed by atoms with van der Waals surface area (Å²) in [5.74, 6) is 2.02. The van der Waals surface area contributed by atoms with Crippen LogP contribution in [0.5, 0.6) is 17.2 Å². The van der Waals surface area contributed by atoms with Crippen LogP contribution < -0.4 is 9.47 Å². The molecule has 0 radical (unpaired) electrons. The summed E-state index contributed by atoms with van der Waals surface area (Å²) in [7, 11) is 1.67. The van der Waals surface area contributed by atoms with Gasteiger partial charge in [-0.05, 0) is 87.0 Å². The standard InChI is InChI=1S/C28H29Br2NO5/c1-5-18(3)22-16-21(12-13-25(22)33-4)35-27-23(29)14-19(15-24(27)30)17-31-36-26(28(32)34-6-2)20-10-8-7-9-11-20/h7-18,26H,5-6H2,1-4H3/b31-17+. The van der Waals surface area contributed by atoms with Crippen LogP contribution in [0.3, 0.4) is 0 Å². The maximum Gasteiger partial charge on any atom is 0.355 e. The summed E-state index contributed by atoms with van der Waals surface area (Å²) in [6.07, 6.45) is 1.57. The second-order valence-electron chi connectivity index (χ2n) is 8.01. The summed E-state index contributed by atoms with van der Waals surface area (Å²) in [5.41, 5.74) is 2.50. The van der Waals surface area contributed by atoms with Crippen molar-refractivity contribution in [2.24, 2.45) is 5.16 Å². The van der Waals surface area contributed by atoms with E-state index < -0.39 is 12.1 Å². The molecule has 6 nitrogen and oxygen atoms in total. The lowest BCUT2D eigenvalue weighted by Gasteiger charge is -2.17. The van der Waals surface area contributed by atoms with E-state index >= 15 is 0 Å². The summed E-state index contributed by atoms with van der Waals surface area (Å²) < 4.78 is 18.3. The molecule has 0 saturated carbocycles. The normalized spacial score (nSPS) is 12.7. The summed E-state index contributed by atoms with van der Waals surface area (Å²) in [5, 5.41) is 4.05. The van der Waals surface area contributed by atoms with Gasteiger partial charge in [0, 0.05) is 11.1 Å². The summed E-state index contributed by atoms with van der Waals surface area (Å²) in [6.45, 7) is 6.31. The van der Waals surface area contributed by atoms with Crippen molar-refractivity contribution in [3.8, 4) is 17.2 Å². The van der Waals surface area contributed by atoms with Gasteiger partial charge in [0.15, 0.2) is 5.75 Å². The van der Waals surface area contributed by atoms with E-state index in [0.29, 0.717) is 23.0 Å². The van der Waals surface area contributed by atoms with Gasteiger partial charge in [0.1, 0.15) is 11.5 Å². The number of esters is 1. The summed E-state index contributed by atoms with van der Waals surface area (Å²) in [4.78, 5) is 17.9. The number of benzene rings is 3. The molecule has 0 aromatic heterocycles. The first-order valence-electron chi connectivity index (χ1n) is 11.6. The molecule has 3 rings (SSSR count). The van der Waals surface area contributed by atoms with Gasteiger partial charge >= 0.3 is 5.97 Å². The van der Waals surface area contributed by atoms with E-state index in [-0.39, 0.29) is 6.61 Å². The SMILES string of the molecule is CCOC(=O)C(O/N=C/c1cc(Br)c(Oc2ccc(OC)c(C(C)CC)c2)c(Br)c1)c1ccccc1. The van der Waals surface area contributed by atoms with Gasteiger partial charge in [-0.15, -0.1) is 0 Å². The molecule has 8 heteroatoms. The van der Waals surface area contributed by atoms with Crippen LogP contribution in [0.15, 0.2) is 74.8 Å². The number of oxime groups is 1. The fourth-order valence-electron chi connectivity index (χ4n) is 3.49. The molecule has 3 aromatic carbocycles. The van der Waals surface area contributed by atoms with Gasteiger partial charge < -0.3 is 19.0 Å². The van der Waals surface area contributed by atoms with Gasteiger partial charge in [0.05, 0.1) is 28.9 Å². The smallest absolute Gasteiger partial charge is 0.355 e. The van der Waals surface area contributed by atoms with E-state index in [4.69, 9.17) is 19.0 Å². The molecular weight excluding hydrogens is 590 g/mol. The van der Waals surface area contributed by atoms with Crippen LogP contribution in [0.1, 0.15) is 55.9 Å². The van der Waals surface area contributed by atoms with Crippen molar-refractivity contribution < 1.29 is 23.8 Å². The predicted octanol–water partition coefficient (Wildman–Crippen LogP) is 8.18. The molecule has 0 bridgehead atoms. The lowest BCUT2D eigenvalue weighted by molar-refractivity contribution is -0.157.